The van der Waals surface area contributed by atoms with Crippen LogP contribution in [0.5, 0.6) is 0 Å². The van der Waals surface area contributed by atoms with E-state index in [9.17, 15) is 30.7 Å². The Morgan fingerprint density at radius 1 is 1.06 bits per heavy atom. The Morgan fingerprint density at radius 2 is 1.50 bits per heavy atom. The van der Waals surface area contributed by atoms with Gasteiger partial charge in [-0.15, -0.1) is 13.2 Å². The molecule has 0 spiro atoms. The van der Waals surface area contributed by atoms with Gasteiger partial charge in [-0.3, -0.25) is 4.74 Å². The molecule has 0 rings (SSSR count). The zero-order chi connectivity index (χ0) is 13.2. The average molecular weight is 256 g/mol. The Bertz CT molecular complexity index is 221. The Morgan fingerprint density at radius 3 is 1.75 bits per heavy atom. The molecule has 0 aliphatic rings. The van der Waals surface area contributed by atoms with Crippen molar-refractivity contribution in [3.63, 3.8) is 0 Å². The molecule has 0 radical (unpaired) electrons. The van der Waals surface area contributed by atoms with Crippen LogP contribution in [0, 0.1) is 0 Å². The minimum Gasteiger partial charge on any atom is -0.285 e. The van der Waals surface area contributed by atoms with E-state index in [0.717, 1.165) is 6.92 Å². The molecule has 0 saturated carbocycles. The van der Waals surface area contributed by atoms with E-state index < -0.39 is 30.7 Å². The summed E-state index contributed by atoms with van der Waals surface area (Å²) in [6, 6.07) is 0. The first kappa shape index (κ1) is 15.5. The fourth-order valence-electron chi connectivity index (χ4n) is 1.03. The molecule has 2 unspecified atom stereocenters. The summed E-state index contributed by atoms with van der Waals surface area (Å²) in [7, 11) is 0. The van der Waals surface area contributed by atoms with Crippen molar-refractivity contribution in [3.05, 3.63) is 0 Å². The maximum atomic E-state index is 12.6. The Hall–Kier alpha value is -0.530. The van der Waals surface area contributed by atoms with E-state index in [2.05, 4.69) is 4.74 Å². The number of halogens is 7. The van der Waals surface area contributed by atoms with E-state index in [1.165, 1.54) is 6.92 Å². The van der Waals surface area contributed by atoms with Crippen LogP contribution >= 0.6 is 0 Å². The van der Waals surface area contributed by atoms with Crippen molar-refractivity contribution >= 4 is 0 Å². The topological polar surface area (TPSA) is 9.23 Å². The van der Waals surface area contributed by atoms with Gasteiger partial charge >= 0.3 is 12.5 Å². The lowest BCUT2D eigenvalue weighted by atomic mass is 9.95. The third-order valence-corrected chi connectivity index (χ3v) is 2.08. The largest absolute Gasteiger partial charge is 0.523 e. The van der Waals surface area contributed by atoms with Crippen LogP contribution in [0.3, 0.4) is 0 Å². The second-order valence-electron chi connectivity index (χ2n) is 3.56. The van der Waals surface area contributed by atoms with Gasteiger partial charge in [-0.2, -0.15) is 13.2 Å². The van der Waals surface area contributed by atoms with Crippen molar-refractivity contribution in [2.24, 2.45) is 0 Å². The molecule has 8 heteroatoms. The predicted molar refractivity (Wildman–Crippen MR) is 41.4 cm³/mol. The first-order valence-electron chi connectivity index (χ1n) is 4.37. The highest BCUT2D eigenvalue weighted by Gasteiger charge is 2.47. The average Bonchev–Trinajstić information content (AvgIpc) is 1.98. The zero-order valence-corrected chi connectivity index (χ0v) is 8.55. The van der Waals surface area contributed by atoms with Gasteiger partial charge < -0.3 is 0 Å². The highest BCUT2D eigenvalue weighted by molar-refractivity contribution is 4.81. The molecular weight excluding hydrogens is 245 g/mol. The molecule has 0 aliphatic carbocycles. The highest BCUT2D eigenvalue weighted by Crippen LogP contribution is 2.36. The van der Waals surface area contributed by atoms with Crippen molar-refractivity contribution in [1.29, 1.82) is 0 Å². The number of hydrogen-bond donors (Lipinski definition) is 0. The Balaban J connectivity index is 4.61. The van der Waals surface area contributed by atoms with Crippen LogP contribution in [0.15, 0.2) is 0 Å². The quantitative estimate of drug-likeness (QED) is 0.691. The molecule has 0 aromatic heterocycles. The van der Waals surface area contributed by atoms with Crippen LogP contribution in [-0.4, -0.2) is 24.3 Å². The molecule has 0 aromatic rings. The van der Waals surface area contributed by atoms with Crippen LogP contribution < -0.4 is 0 Å². The third-order valence-electron chi connectivity index (χ3n) is 2.08. The van der Waals surface area contributed by atoms with Gasteiger partial charge in [0.05, 0.1) is 5.60 Å². The summed E-state index contributed by atoms with van der Waals surface area (Å²) in [5, 5.41) is 0. The summed E-state index contributed by atoms with van der Waals surface area (Å²) in [6.07, 6.45) is -15.4. The summed E-state index contributed by atoms with van der Waals surface area (Å²) in [6.45, 7) is 1.98. The molecule has 98 valence electrons. The minimum absolute atomic E-state index is 0.386. The van der Waals surface area contributed by atoms with E-state index >= 15 is 0 Å². The molecule has 0 saturated heterocycles. The van der Waals surface area contributed by atoms with Crippen molar-refractivity contribution in [2.75, 3.05) is 0 Å². The van der Waals surface area contributed by atoms with Gasteiger partial charge in [0.2, 0.25) is 0 Å². The molecule has 0 N–H and O–H groups in total. The molecule has 2 atom stereocenters. The summed E-state index contributed by atoms with van der Waals surface area (Å²) in [4.78, 5) is 0. The highest BCUT2D eigenvalue weighted by atomic mass is 19.4. The number of rotatable bonds is 4. The first-order valence-corrected chi connectivity index (χ1v) is 4.37. The third kappa shape index (κ3) is 5.53. The van der Waals surface area contributed by atoms with E-state index in [1.807, 2.05) is 0 Å². The maximum absolute atomic E-state index is 12.6. The zero-order valence-electron chi connectivity index (χ0n) is 8.55. The van der Waals surface area contributed by atoms with E-state index in [0.29, 0.717) is 0 Å². The molecule has 0 heterocycles. The van der Waals surface area contributed by atoms with E-state index in [1.54, 1.807) is 0 Å². The molecule has 16 heavy (non-hydrogen) atoms. The van der Waals surface area contributed by atoms with E-state index in [4.69, 9.17) is 0 Å². The van der Waals surface area contributed by atoms with Gasteiger partial charge in [-0.25, -0.2) is 4.39 Å². The molecule has 1 nitrogen and oxygen atoms in total. The van der Waals surface area contributed by atoms with Gasteiger partial charge in [-0.05, 0) is 13.3 Å². The first-order chi connectivity index (χ1) is 6.90. The monoisotopic (exact) mass is 256 g/mol. The molecule has 0 aromatic carbocycles. The van der Waals surface area contributed by atoms with Crippen LogP contribution in [0.25, 0.3) is 0 Å². The summed E-state index contributed by atoms with van der Waals surface area (Å²) >= 11 is 0. The van der Waals surface area contributed by atoms with Gasteiger partial charge in [0.15, 0.2) is 6.17 Å². The lowest BCUT2D eigenvalue weighted by molar-refractivity contribution is -0.369. The maximum Gasteiger partial charge on any atom is 0.523 e. The number of hydrogen-bond acceptors (Lipinski definition) is 1. The standard InChI is InChI=1S/C8H11F7O/c1-3-6(2,16-8(13,14)15)4-5(9)7(10,11)12/h5H,3-4H2,1-2H3. The van der Waals surface area contributed by atoms with Crippen molar-refractivity contribution < 1.29 is 35.5 Å². The molecular formula is C8H11F7O. The lowest BCUT2D eigenvalue weighted by Crippen LogP contribution is -2.40. The van der Waals surface area contributed by atoms with Crippen LogP contribution in [0.1, 0.15) is 26.7 Å². The van der Waals surface area contributed by atoms with Crippen LogP contribution in [-0.2, 0) is 4.74 Å². The summed E-state index contributed by atoms with van der Waals surface area (Å²) in [5.41, 5.74) is -2.22. The van der Waals surface area contributed by atoms with Crippen molar-refractivity contribution in [1.82, 2.24) is 0 Å². The molecule has 0 aliphatic heterocycles. The summed E-state index contributed by atoms with van der Waals surface area (Å²) in [5.74, 6) is 0. The molecule has 0 fully saturated rings. The fourth-order valence-corrected chi connectivity index (χ4v) is 1.03. The van der Waals surface area contributed by atoms with Crippen LogP contribution in [0.2, 0.25) is 0 Å². The van der Waals surface area contributed by atoms with Crippen LogP contribution in [0.4, 0.5) is 30.7 Å². The Labute approximate surface area is 87.6 Å². The number of alkyl halides is 7. The molecule has 0 bridgehead atoms. The van der Waals surface area contributed by atoms with Gasteiger partial charge in [-0.1, -0.05) is 6.92 Å². The van der Waals surface area contributed by atoms with Gasteiger partial charge in [0, 0.05) is 6.42 Å². The van der Waals surface area contributed by atoms with E-state index in [-0.39, 0.29) is 6.42 Å². The fraction of sp³-hybridized carbons (Fsp3) is 1.00. The lowest BCUT2D eigenvalue weighted by Gasteiger charge is -2.31. The predicted octanol–water partition coefficient (Wildman–Crippen LogP) is 3.98. The minimum atomic E-state index is -5.18. The van der Waals surface area contributed by atoms with Gasteiger partial charge in [0.25, 0.3) is 0 Å². The normalized spacial score (nSPS) is 19.3. The van der Waals surface area contributed by atoms with Crippen molar-refractivity contribution in [2.45, 2.75) is 51.0 Å². The van der Waals surface area contributed by atoms with Crippen molar-refractivity contribution in [3.8, 4) is 0 Å². The van der Waals surface area contributed by atoms with Gasteiger partial charge in [0.1, 0.15) is 0 Å². The second kappa shape index (κ2) is 4.77. The second-order valence-corrected chi connectivity index (χ2v) is 3.56. The SMILES string of the molecule is CCC(C)(CC(F)C(F)(F)F)OC(F)(F)F. The smallest absolute Gasteiger partial charge is 0.285 e. The Kier molecular flexibility index (Phi) is 4.61. The molecule has 0 amide bonds. The number of ether oxygens (including phenoxy) is 1. The summed E-state index contributed by atoms with van der Waals surface area (Å²) < 4.78 is 87.2.